The van der Waals surface area contributed by atoms with E-state index < -0.39 is 6.29 Å². The molecule has 11 N–H and O–H groups in total. The third-order valence-corrected chi connectivity index (χ3v) is 3.83. The van der Waals surface area contributed by atoms with Gasteiger partial charge in [-0.1, -0.05) is 12.1 Å². The Kier molecular flexibility index (Phi) is 7.29. The molecule has 0 bridgehead atoms. The van der Waals surface area contributed by atoms with E-state index in [1.165, 1.54) is 4.90 Å². The highest BCUT2D eigenvalue weighted by atomic mass is 32.1. The van der Waals surface area contributed by atoms with E-state index in [1.54, 1.807) is 0 Å². The van der Waals surface area contributed by atoms with Gasteiger partial charge in [0.1, 0.15) is 6.29 Å². The molecule has 0 aliphatic rings. The first kappa shape index (κ1) is 20.0. The van der Waals surface area contributed by atoms with Gasteiger partial charge in [0, 0.05) is 6.54 Å². The summed E-state index contributed by atoms with van der Waals surface area (Å²) in [5.41, 5.74) is 26.5. The van der Waals surface area contributed by atoms with Crippen LogP contribution in [0.15, 0.2) is 12.1 Å². The molecule has 1 atom stereocenters. The van der Waals surface area contributed by atoms with Gasteiger partial charge in [-0.05, 0) is 60.5 Å². The lowest BCUT2D eigenvalue weighted by Crippen LogP contribution is -2.53. The molecule has 0 spiro atoms. The van der Waals surface area contributed by atoms with E-state index in [9.17, 15) is 0 Å². The fraction of sp³-hybridized carbons (Fsp3) is 0.357. The molecule has 1 aromatic carbocycles. The van der Waals surface area contributed by atoms with Gasteiger partial charge in [-0.15, -0.1) is 0 Å². The van der Waals surface area contributed by atoms with Crippen molar-refractivity contribution in [3.8, 4) is 0 Å². The van der Waals surface area contributed by atoms with Crippen molar-refractivity contribution in [3.05, 3.63) is 34.4 Å². The van der Waals surface area contributed by atoms with Gasteiger partial charge in [0.15, 0.2) is 16.2 Å². The number of aryl methyl sites for hydroxylation is 2. The van der Waals surface area contributed by atoms with Gasteiger partial charge in [-0.2, -0.15) is 0 Å². The van der Waals surface area contributed by atoms with Crippen LogP contribution in [0.1, 0.15) is 22.3 Å². The average Bonchev–Trinajstić information content (AvgIpc) is 2.44. The van der Waals surface area contributed by atoms with Crippen molar-refractivity contribution in [2.24, 2.45) is 22.9 Å². The van der Waals surface area contributed by atoms with Crippen LogP contribution in [0.25, 0.3) is 0 Å². The second-order valence-corrected chi connectivity index (χ2v) is 6.24. The lowest BCUT2D eigenvalue weighted by atomic mass is 9.99. The van der Waals surface area contributed by atoms with E-state index in [1.807, 2.05) is 26.0 Å². The molecule has 0 heterocycles. The molecule has 0 saturated heterocycles. The maximum Gasteiger partial charge on any atom is 0.195 e. The summed E-state index contributed by atoms with van der Waals surface area (Å²) in [6, 6.07) is 4.07. The molecule has 0 aliphatic heterocycles. The first-order chi connectivity index (χ1) is 11.1. The van der Waals surface area contributed by atoms with Crippen LogP contribution in [0.2, 0.25) is 0 Å². The van der Waals surface area contributed by atoms with Crippen LogP contribution >= 0.6 is 24.4 Å². The van der Waals surface area contributed by atoms with Crippen LogP contribution in [0.5, 0.6) is 0 Å². The molecule has 10 heteroatoms. The van der Waals surface area contributed by atoms with Crippen molar-refractivity contribution in [3.63, 3.8) is 0 Å². The van der Waals surface area contributed by atoms with Crippen molar-refractivity contribution in [2.45, 2.75) is 33.2 Å². The zero-order valence-corrected chi connectivity index (χ0v) is 15.4. The minimum atomic E-state index is -0.523. The van der Waals surface area contributed by atoms with E-state index in [2.05, 4.69) is 10.6 Å². The first-order valence-corrected chi connectivity index (χ1v) is 7.98. The number of hydrogen-bond donors (Lipinski definition) is 7. The molecular weight excluding hydrogens is 344 g/mol. The molecule has 132 valence electrons. The second kappa shape index (κ2) is 8.73. The molecule has 1 rings (SSSR count). The van der Waals surface area contributed by atoms with Crippen molar-refractivity contribution < 1.29 is 0 Å². The summed E-state index contributed by atoms with van der Waals surface area (Å²) in [4.78, 5) is 1.37. The van der Waals surface area contributed by atoms with E-state index in [0.717, 1.165) is 22.3 Å². The first-order valence-electron chi connectivity index (χ1n) is 7.16. The minimum absolute atomic E-state index is 0.0695. The summed E-state index contributed by atoms with van der Waals surface area (Å²) in [6.45, 7) is 4.87. The Balaban J connectivity index is 2.87. The Morgan fingerprint density at radius 3 is 2.21 bits per heavy atom. The summed E-state index contributed by atoms with van der Waals surface area (Å²) >= 11 is 9.67. The summed E-state index contributed by atoms with van der Waals surface area (Å²) in [6.07, 6.45) is -0.523. The number of thiocarbonyl (C=S) groups is 2. The van der Waals surface area contributed by atoms with Crippen LogP contribution in [-0.4, -0.2) is 27.4 Å². The molecule has 8 nitrogen and oxygen atoms in total. The summed E-state index contributed by atoms with van der Waals surface area (Å²) < 4.78 is 0. The van der Waals surface area contributed by atoms with Crippen molar-refractivity contribution in [2.75, 3.05) is 0 Å². The number of hydrogen-bond acceptors (Lipinski definition) is 5. The molecule has 0 saturated carbocycles. The topological polar surface area (TPSA) is 155 Å². The fourth-order valence-corrected chi connectivity index (χ4v) is 2.46. The van der Waals surface area contributed by atoms with Gasteiger partial charge < -0.3 is 22.5 Å². The Labute approximate surface area is 152 Å². The van der Waals surface area contributed by atoms with Crippen molar-refractivity contribution in [1.82, 2.24) is 15.5 Å². The lowest BCUT2D eigenvalue weighted by Gasteiger charge is -2.23. The Morgan fingerprint density at radius 2 is 1.71 bits per heavy atom. The summed E-state index contributed by atoms with van der Waals surface area (Å²) in [5, 5.41) is 13.6. The molecule has 0 aromatic heterocycles. The number of rotatable bonds is 6. The normalized spacial score (nSPS) is 11.6. The molecule has 0 amide bonds. The van der Waals surface area contributed by atoms with Gasteiger partial charge in [-0.25, -0.2) is 0 Å². The van der Waals surface area contributed by atoms with Gasteiger partial charge in [0.05, 0.1) is 6.54 Å². The van der Waals surface area contributed by atoms with Crippen LogP contribution in [0.4, 0.5) is 0 Å². The zero-order chi connectivity index (χ0) is 18.4. The van der Waals surface area contributed by atoms with Crippen LogP contribution in [-0.2, 0) is 13.1 Å². The zero-order valence-electron chi connectivity index (χ0n) is 13.7. The Hall–Kier alpha value is -2.01. The van der Waals surface area contributed by atoms with Crippen molar-refractivity contribution >= 4 is 40.6 Å². The largest absolute Gasteiger partial charge is 0.376 e. The van der Waals surface area contributed by atoms with Gasteiger partial charge in [0.25, 0.3) is 0 Å². The lowest BCUT2D eigenvalue weighted by molar-refractivity contribution is 0.499. The third kappa shape index (κ3) is 5.89. The highest BCUT2D eigenvalue weighted by Gasteiger charge is 2.13. The number of nitrogens with two attached hydrogens (primary N) is 4. The molecule has 1 aromatic rings. The second-order valence-electron chi connectivity index (χ2n) is 5.38. The predicted molar refractivity (Wildman–Crippen MR) is 105 cm³/mol. The van der Waals surface area contributed by atoms with E-state index in [-0.39, 0.29) is 16.2 Å². The Bertz CT molecular complexity index is 632. The standard InChI is InChI=1S/C14H24N8S2/c1-7-4-10(6-22(11(15)16)14(19)24)8(2)3-9(7)5-20-12(17)21-13(18)23/h3-4,12,20H,5-6,17H2,1-2H3,(H3,15,16)(H2,19,24)(H3,18,21,23). The maximum absolute atomic E-state index is 7.55. The monoisotopic (exact) mass is 368 g/mol. The van der Waals surface area contributed by atoms with E-state index >= 15 is 0 Å². The third-order valence-electron chi connectivity index (χ3n) is 3.49. The van der Waals surface area contributed by atoms with Crippen LogP contribution in [0.3, 0.4) is 0 Å². The summed E-state index contributed by atoms with van der Waals surface area (Å²) in [7, 11) is 0. The summed E-state index contributed by atoms with van der Waals surface area (Å²) in [5.74, 6) is -0.180. The molecule has 0 fully saturated rings. The highest BCUT2D eigenvalue weighted by Crippen LogP contribution is 2.18. The molecule has 1 unspecified atom stereocenters. The minimum Gasteiger partial charge on any atom is -0.376 e. The van der Waals surface area contributed by atoms with Gasteiger partial charge in [-0.3, -0.25) is 21.4 Å². The molecule has 24 heavy (non-hydrogen) atoms. The molecule has 0 radical (unpaired) electrons. The smallest absolute Gasteiger partial charge is 0.195 e. The fourth-order valence-electron chi connectivity index (χ4n) is 2.17. The maximum atomic E-state index is 7.55. The van der Waals surface area contributed by atoms with Gasteiger partial charge >= 0.3 is 0 Å². The highest BCUT2D eigenvalue weighted by molar-refractivity contribution is 7.80. The van der Waals surface area contributed by atoms with Gasteiger partial charge in [0.2, 0.25) is 0 Å². The number of guanidine groups is 1. The predicted octanol–water partition coefficient (Wildman–Crippen LogP) is -0.592. The quantitative estimate of drug-likeness (QED) is 0.151. The Morgan fingerprint density at radius 1 is 1.17 bits per heavy atom. The van der Waals surface area contributed by atoms with Crippen LogP contribution in [0, 0.1) is 19.3 Å². The molecule has 0 aliphatic carbocycles. The number of nitrogens with one attached hydrogen (secondary N) is 3. The van der Waals surface area contributed by atoms with Crippen molar-refractivity contribution in [1.29, 1.82) is 5.41 Å². The van der Waals surface area contributed by atoms with Crippen LogP contribution < -0.4 is 33.6 Å². The van der Waals surface area contributed by atoms with E-state index in [0.29, 0.717) is 13.1 Å². The number of nitrogens with zero attached hydrogens (tertiary/aromatic N) is 1. The SMILES string of the molecule is Cc1cc(CN(C(=N)N)C(N)=S)c(C)cc1CNC(N)NC(N)=S. The molecular formula is C14H24N8S2. The number of benzene rings is 1. The van der Waals surface area contributed by atoms with E-state index in [4.69, 9.17) is 52.8 Å². The average molecular weight is 369 g/mol.